The summed E-state index contributed by atoms with van der Waals surface area (Å²) < 4.78 is 15.8. The second-order valence-electron chi connectivity index (χ2n) is 6.70. The molecule has 9 heteroatoms. The quantitative estimate of drug-likeness (QED) is 0.688. The molecular weight excluding hydrogens is 384 g/mol. The standard InChI is InChI=1S/C19H28N2O6S/c1-6-25-18(23)15-13(5)16(19(24)26-7-2)28-17(15)20-14(22)10-21-8-11(3)27-12(4)9-21/h11-12H,6-10H2,1-5H3,(H,20,22). The van der Waals surface area contributed by atoms with Crippen molar-refractivity contribution in [3.63, 3.8) is 0 Å². The second kappa shape index (κ2) is 9.99. The van der Waals surface area contributed by atoms with Crippen LogP contribution in [0.25, 0.3) is 0 Å². The predicted molar refractivity (Wildman–Crippen MR) is 106 cm³/mol. The lowest BCUT2D eigenvalue weighted by Gasteiger charge is -2.34. The minimum Gasteiger partial charge on any atom is -0.462 e. The van der Waals surface area contributed by atoms with E-state index in [9.17, 15) is 14.4 Å². The Morgan fingerprint density at radius 3 is 2.25 bits per heavy atom. The number of amides is 1. The molecule has 1 aliphatic rings. The molecule has 8 nitrogen and oxygen atoms in total. The zero-order valence-corrected chi connectivity index (χ0v) is 17.8. The Labute approximate surface area is 169 Å². The van der Waals surface area contributed by atoms with Crippen molar-refractivity contribution in [2.45, 2.75) is 46.8 Å². The van der Waals surface area contributed by atoms with Crippen LogP contribution in [-0.2, 0) is 19.0 Å². The Morgan fingerprint density at radius 1 is 1.11 bits per heavy atom. The highest BCUT2D eigenvalue weighted by Gasteiger charge is 2.28. The number of nitrogens with zero attached hydrogens (tertiary/aromatic N) is 1. The van der Waals surface area contributed by atoms with Gasteiger partial charge in [-0.1, -0.05) is 0 Å². The number of hydrogen-bond donors (Lipinski definition) is 1. The van der Waals surface area contributed by atoms with Gasteiger partial charge in [-0.25, -0.2) is 9.59 Å². The number of carbonyl (C=O) groups excluding carboxylic acids is 3. The SMILES string of the molecule is CCOC(=O)c1sc(NC(=O)CN2CC(C)OC(C)C2)c(C(=O)OCC)c1C. The number of ether oxygens (including phenoxy) is 3. The number of rotatable bonds is 7. The first-order valence-corrected chi connectivity index (χ1v) is 10.2. The molecule has 2 rings (SSSR count). The minimum atomic E-state index is -0.573. The van der Waals surface area contributed by atoms with E-state index in [1.54, 1.807) is 20.8 Å². The third-order valence-electron chi connectivity index (χ3n) is 4.20. The number of hydrogen-bond acceptors (Lipinski definition) is 8. The third kappa shape index (κ3) is 5.52. The van der Waals surface area contributed by atoms with Gasteiger partial charge < -0.3 is 19.5 Å². The summed E-state index contributed by atoms with van der Waals surface area (Å²) in [5, 5.41) is 3.08. The average molecular weight is 413 g/mol. The highest BCUT2D eigenvalue weighted by Crippen LogP contribution is 2.34. The van der Waals surface area contributed by atoms with Gasteiger partial charge in [-0.2, -0.15) is 0 Å². The van der Waals surface area contributed by atoms with E-state index < -0.39 is 11.9 Å². The summed E-state index contributed by atoms with van der Waals surface area (Å²) >= 11 is 1.03. The molecule has 0 spiro atoms. The number of thiophene rings is 1. The predicted octanol–water partition coefficient (Wildman–Crippen LogP) is 2.46. The lowest BCUT2D eigenvalue weighted by atomic mass is 10.1. The van der Waals surface area contributed by atoms with Crippen LogP contribution in [0.2, 0.25) is 0 Å². The molecular formula is C19H28N2O6S. The molecule has 0 aromatic carbocycles. The van der Waals surface area contributed by atoms with Crippen LogP contribution in [0.3, 0.4) is 0 Å². The first-order chi connectivity index (χ1) is 13.3. The maximum absolute atomic E-state index is 12.6. The van der Waals surface area contributed by atoms with Crippen LogP contribution in [0.15, 0.2) is 0 Å². The van der Waals surface area contributed by atoms with E-state index in [0.717, 1.165) is 11.3 Å². The van der Waals surface area contributed by atoms with E-state index in [1.807, 2.05) is 18.7 Å². The van der Waals surface area contributed by atoms with Gasteiger partial charge in [0.2, 0.25) is 5.91 Å². The monoisotopic (exact) mass is 412 g/mol. The summed E-state index contributed by atoms with van der Waals surface area (Å²) in [6.07, 6.45) is 0.0945. The van der Waals surface area contributed by atoms with Crippen LogP contribution < -0.4 is 5.32 Å². The smallest absolute Gasteiger partial charge is 0.348 e. The summed E-state index contributed by atoms with van der Waals surface area (Å²) in [5.41, 5.74) is 0.651. The average Bonchev–Trinajstić information content (AvgIpc) is 2.90. The van der Waals surface area contributed by atoms with Crippen molar-refractivity contribution in [3.8, 4) is 0 Å². The lowest BCUT2D eigenvalue weighted by Crippen LogP contribution is -2.48. The summed E-state index contributed by atoms with van der Waals surface area (Å²) in [4.78, 5) is 39.5. The molecule has 28 heavy (non-hydrogen) atoms. The fourth-order valence-electron chi connectivity index (χ4n) is 3.22. The van der Waals surface area contributed by atoms with E-state index in [0.29, 0.717) is 23.7 Å². The molecule has 1 aliphatic heterocycles. The Morgan fingerprint density at radius 2 is 1.68 bits per heavy atom. The number of carbonyl (C=O) groups is 3. The van der Waals surface area contributed by atoms with E-state index in [4.69, 9.17) is 14.2 Å². The topological polar surface area (TPSA) is 94.2 Å². The number of esters is 2. The molecule has 1 fully saturated rings. The summed E-state index contributed by atoms with van der Waals surface area (Å²) in [6.45, 7) is 10.9. The molecule has 2 unspecified atom stereocenters. The van der Waals surface area contributed by atoms with Crippen molar-refractivity contribution in [1.82, 2.24) is 4.90 Å². The zero-order valence-electron chi connectivity index (χ0n) is 17.0. The van der Waals surface area contributed by atoms with Crippen molar-refractivity contribution in [2.24, 2.45) is 0 Å². The maximum atomic E-state index is 12.6. The van der Waals surface area contributed by atoms with E-state index in [-0.39, 0.29) is 48.3 Å². The molecule has 0 saturated carbocycles. The van der Waals surface area contributed by atoms with Crippen molar-refractivity contribution < 1.29 is 28.6 Å². The van der Waals surface area contributed by atoms with E-state index in [1.165, 1.54) is 0 Å². The molecule has 1 aromatic rings. The molecule has 0 radical (unpaired) electrons. The van der Waals surface area contributed by atoms with Gasteiger partial charge in [-0.15, -0.1) is 11.3 Å². The van der Waals surface area contributed by atoms with Gasteiger partial charge in [0, 0.05) is 13.1 Å². The Balaban J connectivity index is 2.20. The molecule has 0 bridgehead atoms. The maximum Gasteiger partial charge on any atom is 0.348 e. The number of morpholine rings is 1. The minimum absolute atomic E-state index is 0.0473. The third-order valence-corrected chi connectivity index (χ3v) is 5.39. The van der Waals surface area contributed by atoms with Gasteiger partial charge in [0.25, 0.3) is 0 Å². The Kier molecular flexibility index (Phi) is 7.97. The fraction of sp³-hybridized carbons (Fsp3) is 0.632. The summed E-state index contributed by atoms with van der Waals surface area (Å²) in [6, 6.07) is 0. The molecule has 1 N–H and O–H groups in total. The van der Waals surface area contributed by atoms with Crippen molar-refractivity contribution in [3.05, 3.63) is 16.0 Å². The van der Waals surface area contributed by atoms with Gasteiger partial charge >= 0.3 is 11.9 Å². The van der Waals surface area contributed by atoms with E-state index in [2.05, 4.69) is 5.32 Å². The molecule has 156 valence electrons. The summed E-state index contributed by atoms with van der Waals surface area (Å²) in [7, 11) is 0. The molecule has 1 saturated heterocycles. The highest BCUT2D eigenvalue weighted by molar-refractivity contribution is 7.18. The van der Waals surface area contributed by atoms with Gasteiger partial charge in [0.1, 0.15) is 9.88 Å². The van der Waals surface area contributed by atoms with Crippen LogP contribution in [0.1, 0.15) is 53.3 Å². The van der Waals surface area contributed by atoms with Crippen molar-refractivity contribution in [1.29, 1.82) is 0 Å². The molecule has 2 atom stereocenters. The second-order valence-corrected chi connectivity index (χ2v) is 7.72. The van der Waals surface area contributed by atoms with Crippen LogP contribution in [0, 0.1) is 6.92 Å². The first kappa shape index (κ1) is 22.3. The van der Waals surface area contributed by atoms with Crippen LogP contribution >= 0.6 is 11.3 Å². The summed E-state index contributed by atoms with van der Waals surface area (Å²) in [5.74, 6) is -1.36. The Hall–Kier alpha value is -1.97. The molecule has 2 heterocycles. The van der Waals surface area contributed by atoms with Crippen molar-refractivity contribution >= 4 is 34.2 Å². The number of nitrogens with one attached hydrogen (secondary N) is 1. The number of anilines is 1. The van der Waals surface area contributed by atoms with Crippen LogP contribution in [-0.4, -0.2) is 67.8 Å². The highest BCUT2D eigenvalue weighted by atomic mass is 32.1. The zero-order chi connectivity index (χ0) is 20.8. The van der Waals surface area contributed by atoms with Gasteiger partial charge in [-0.3, -0.25) is 9.69 Å². The van der Waals surface area contributed by atoms with Gasteiger partial charge in [0.15, 0.2) is 0 Å². The Bertz CT molecular complexity index is 722. The normalized spacial score (nSPS) is 19.9. The van der Waals surface area contributed by atoms with E-state index >= 15 is 0 Å². The molecule has 0 aliphatic carbocycles. The van der Waals surface area contributed by atoms with Crippen LogP contribution in [0.5, 0.6) is 0 Å². The first-order valence-electron chi connectivity index (χ1n) is 9.42. The fourth-order valence-corrected chi connectivity index (χ4v) is 4.33. The van der Waals surface area contributed by atoms with Gasteiger partial charge in [-0.05, 0) is 40.2 Å². The van der Waals surface area contributed by atoms with Crippen molar-refractivity contribution in [2.75, 3.05) is 38.2 Å². The lowest BCUT2D eigenvalue weighted by molar-refractivity contribution is -0.121. The van der Waals surface area contributed by atoms with Gasteiger partial charge in [0.05, 0.1) is 37.5 Å². The molecule has 1 amide bonds. The molecule has 1 aromatic heterocycles. The van der Waals surface area contributed by atoms with Crippen LogP contribution in [0.4, 0.5) is 5.00 Å². The largest absolute Gasteiger partial charge is 0.462 e.